The van der Waals surface area contributed by atoms with Crippen LogP contribution in [0.2, 0.25) is 5.28 Å². The molecule has 0 atom stereocenters. The van der Waals surface area contributed by atoms with E-state index in [1.165, 1.54) is 0 Å². The van der Waals surface area contributed by atoms with Crippen LogP contribution in [0, 0.1) is 6.92 Å². The van der Waals surface area contributed by atoms with Crippen molar-refractivity contribution in [3.8, 4) is 5.88 Å². The normalized spacial score (nSPS) is 10.3. The Morgan fingerprint density at radius 2 is 2.07 bits per heavy atom. The maximum absolute atomic E-state index is 5.73. The summed E-state index contributed by atoms with van der Waals surface area (Å²) in [6.07, 6.45) is 0.774. The molecule has 84 valence electrons. The highest BCUT2D eigenvalue weighted by Crippen LogP contribution is 2.22. The summed E-state index contributed by atoms with van der Waals surface area (Å²) in [6, 6.07) is 0. The van der Waals surface area contributed by atoms with Gasteiger partial charge in [-0.05, 0) is 18.5 Å². The van der Waals surface area contributed by atoms with Crippen LogP contribution in [0.3, 0.4) is 0 Å². The first-order valence-corrected chi connectivity index (χ1v) is 4.94. The van der Waals surface area contributed by atoms with Crippen molar-refractivity contribution >= 4 is 17.3 Å². The van der Waals surface area contributed by atoms with Gasteiger partial charge in [0.05, 0.1) is 12.3 Å². The van der Waals surface area contributed by atoms with Gasteiger partial charge in [-0.3, -0.25) is 0 Å². The molecule has 15 heavy (non-hydrogen) atoms. The molecule has 0 saturated heterocycles. The third-order valence-electron chi connectivity index (χ3n) is 1.81. The number of anilines is 1. The third-order valence-corrected chi connectivity index (χ3v) is 1.97. The molecular weight excluding hydrogens is 218 g/mol. The fourth-order valence-corrected chi connectivity index (χ4v) is 1.21. The summed E-state index contributed by atoms with van der Waals surface area (Å²) in [4.78, 5) is 7.80. The molecular formula is C9H14ClN3O2. The molecule has 0 unspecified atom stereocenters. The number of nitrogen functional groups attached to an aromatic ring is 1. The van der Waals surface area contributed by atoms with E-state index in [1.807, 2.05) is 0 Å². The summed E-state index contributed by atoms with van der Waals surface area (Å²) in [5.41, 5.74) is 6.78. The van der Waals surface area contributed by atoms with Crippen LogP contribution >= 0.6 is 11.6 Å². The molecule has 0 fully saturated rings. The summed E-state index contributed by atoms with van der Waals surface area (Å²) in [7, 11) is 1.64. The van der Waals surface area contributed by atoms with Gasteiger partial charge in [-0.15, -0.1) is 0 Å². The number of aromatic nitrogens is 2. The lowest BCUT2D eigenvalue weighted by Gasteiger charge is -2.08. The summed E-state index contributed by atoms with van der Waals surface area (Å²) in [6.45, 7) is 2.88. The fourth-order valence-electron chi connectivity index (χ4n) is 1.00. The quantitative estimate of drug-likeness (QED) is 0.613. The van der Waals surface area contributed by atoms with Crippen molar-refractivity contribution in [3.63, 3.8) is 0 Å². The van der Waals surface area contributed by atoms with Crippen LogP contribution in [-0.2, 0) is 4.74 Å². The standard InChI is InChI=1S/C9H14ClN3O2/c1-6-7(11)8(13-9(10)12-6)15-5-3-4-14-2/h3-5,11H2,1-2H3. The summed E-state index contributed by atoms with van der Waals surface area (Å²) < 4.78 is 10.2. The number of ether oxygens (including phenoxy) is 2. The zero-order valence-electron chi connectivity index (χ0n) is 8.79. The molecule has 0 aromatic carbocycles. The van der Waals surface area contributed by atoms with Gasteiger partial charge in [-0.25, -0.2) is 4.98 Å². The highest BCUT2D eigenvalue weighted by Gasteiger charge is 2.08. The summed E-state index contributed by atoms with van der Waals surface area (Å²) in [5, 5.41) is 0.142. The molecule has 6 heteroatoms. The molecule has 1 heterocycles. The Balaban J connectivity index is 2.60. The van der Waals surface area contributed by atoms with E-state index in [2.05, 4.69) is 9.97 Å². The minimum Gasteiger partial charge on any atom is -0.476 e. The Labute approximate surface area is 93.6 Å². The number of hydrogen-bond donors (Lipinski definition) is 1. The minimum absolute atomic E-state index is 0.142. The molecule has 1 aromatic heterocycles. The minimum atomic E-state index is 0.142. The number of methoxy groups -OCH3 is 1. The second kappa shape index (κ2) is 5.72. The van der Waals surface area contributed by atoms with Gasteiger partial charge in [-0.1, -0.05) is 0 Å². The van der Waals surface area contributed by atoms with Crippen molar-refractivity contribution in [2.75, 3.05) is 26.1 Å². The second-order valence-corrected chi connectivity index (χ2v) is 3.33. The zero-order valence-corrected chi connectivity index (χ0v) is 9.54. The number of hydrogen-bond acceptors (Lipinski definition) is 5. The molecule has 0 bridgehead atoms. The van der Waals surface area contributed by atoms with E-state index in [-0.39, 0.29) is 5.28 Å². The van der Waals surface area contributed by atoms with Crippen LogP contribution in [-0.4, -0.2) is 30.3 Å². The van der Waals surface area contributed by atoms with Crippen molar-refractivity contribution in [3.05, 3.63) is 11.0 Å². The van der Waals surface area contributed by atoms with Crippen LogP contribution in [0.15, 0.2) is 0 Å². The fraction of sp³-hybridized carbons (Fsp3) is 0.556. The molecule has 0 aliphatic rings. The average molecular weight is 232 g/mol. The molecule has 1 aromatic rings. The highest BCUT2D eigenvalue weighted by molar-refractivity contribution is 6.28. The highest BCUT2D eigenvalue weighted by atomic mass is 35.5. The monoisotopic (exact) mass is 231 g/mol. The zero-order chi connectivity index (χ0) is 11.3. The molecule has 0 aliphatic heterocycles. The van der Waals surface area contributed by atoms with Crippen LogP contribution in [0.1, 0.15) is 12.1 Å². The number of nitrogens with zero attached hydrogens (tertiary/aromatic N) is 2. The predicted octanol–water partition coefficient (Wildman–Crippen LogP) is 1.44. The molecule has 5 nitrogen and oxygen atoms in total. The van der Waals surface area contributed by atoms with Crippen molar-refractivity contribution in [2.24, 2.45) is 0 Å². The molecule has 2 N–H and O–H groups in total. The first-order chi connectivity index (χ1) is 7.15. The Hall–Kier alpha value is -1.07. The Morgan fingerprint density at radius 1 is 1.33 bits per heavy atom. The van der Waals surface area contributed by atoms with Crippen LogP contribution in [0.4, 0.5) is 5.69 Å². The first-order valence-electron chi connectivity index (χ1n) is 4.56. The number of rotatable bonds is 5. The van der Waals surface area contributed by atoms with Gasteiger partial charge in [-0.2, -0.15) is 4.98 Å². The SMILES string of the molecule is COCCCOc1nc(Cl)nc(C)c1N. The molecule has 1 rings (SSSR count). The first kappa shape index (κ1) is 12.0. The summed E-state index contributed by atoms with van der Waals surface area (Å²) >= 11 is 5.68. The maximum atomic E-state index is 5.73. The van der Waals surface area contributed by atoms with Gasteiger partial charge < -0.3 is 15.2 Å². The Bertz CT molecular complexity index is 333. The predicted molar refractivity (Wildman–Crippen MR) is 58.2 cm³/mol. The van der Waals surface area contributed by atoms with Crippen LogP contribution in [0.25, 0.3) is 0 Å². The number of nitrogens with two attached hydrogens (primary N) is 1. The molecule has 0 saturated carbocycles. The van der Waals surface area contributed by atoms with E-state index >= 15 is 0 Å². The van der Waals surface area contributed by atoms with E-state index in [1.54, 1.807) is 14.0 Å². The molecule has 0 spiro atoms. The van der Waals surface area contributed by atoms with Crippen molar-refractivity contribution < 1.29 is 9.47 Å². The Morgan fingerprint density at radius 3 is 2.73 bits per heavy atom. The van der Waals surface area contributed by atoms with Gasteiger partial charge >= 0.3 is 0 Å². The van der Waals surface area contributed by atoms with Gasteiger partial charge in [0.1, 0.15) is 5.69 Å². The van der Waals surface area contributed by atoms with E-state index in [4.69, 9.17) is 26.8 Å². The second-order valence-electron chi connectivity index (χ2n) is 2.99. The topological polar surface area (TPSA) is 70.3 Å². The van der Waals surface area contributed by atoms with Crippen LogP contribution in [0.5, 0.6) is 5.88 Å². The van der Waals surface area contributed by atoms with E-state index in [0.717, 1.165) is 6.42 Å². The van der Waals surface area contributed by atoms with Gasteiger partial charge in [0.15, 0.2) is 0 Å². The van der Waals surface area contributed by atoms with E-state index in [0.29, 0.717) is 30.5 Å². The smallest absolute Gasteiger partial charge is 0.241 e. The lowest BCUT2D eigenvalue weighted by atomic mass is 10.4. The number of halogens is 1. The van der Waals surface area contributed by atoms with Crippen molar-refractivity contribution in [1.82, 2.24) is 9.97 Å². The maximum Gasteiger partial charge on any atom is 0.241 e. The van der Waals surface area contributed by atoms with Gasteiger partial charge in [0.25, 0.3) is 0 Å². The lowest BCUT2D eigenvalue weighted by Crippen LogP contribution is -2.07. The molecule has 0 aliphatic carbocycles. The number of aryl methyl sites for hydroxylation is 1. The average Bonchev–Trinajstić information content (AvgIpc) is 2.19. The van der Waals surface area contributed by atoms with Gasteiger partial charge in [0.2, 0.25) is 11.2 Å². The van der Waals surface area contributed by atoms with Crippen molar-refractivity contribution in [1.29, 1.82) is 0 Å². The lowest BCUT2D eigenvalue weighted by molar-refractivity contribution is 0.171. The van der Waals surface area contributed by atoms with Gasteiger partial charge in [0, 0.05) is 20.1 Å². The summed E-state index contributed by atoms with van der Waals surface area (Å²) in [5.74, 6) is 0.337. The van der Waals surface area contributed by atoms with E-state index in [9.17, 15) is 0 Å². The molecule has 0 radical (unpaired) electrons. The molecule has 0 amide bonds. The van der Waals surface area contributed by atoms with Crippen molar-refractivity contribution in [2.45, 2.75) is 13.3 Å². The third kappa shape index (κ3) is 3.53. The Kier molecular flexibility index (Phi) is 4.58. The van der Waals surface area contributed by atoms with Crippen LogP contribution < -0.4 is 10.5 Å². The van der Waals surface area contributed by atoms with E-state index < -0.39 is 0 Å². The largest absolute Gasteiger partial charge is 0.476 e.